The third-order valence-electron chi connectivity index (χ3n) is 5.92. The van der Waals surface area contributed by atoms with Gasteiger partial charge < -0.3 is 14.9 Å². The molecule has 2 fully saturated rings. The summed E-state index contributed by atoms with van der Waals surface area (Å²) >= 11 is 3.46. The second kappa shape index (κ2) is 7.91. The molecule has 160 valence electrons. The number of piperidine rings is 1. The van der Waals surface area contributed by atoms with Gasteiger partial charge in [-0.3, -0.25) is 9.59 Å². The van der Waals surface area contributed by atoms with Crippen molar-refractivity contribution >= 4 is 27.7 Å². The fourth-order valence-electron chi connectivity index (χ4n) is 4.27. The van der Waals surface area contributed by atoms with Gasteiger partial charge in [-0.05, 0) is 50.3 Å². The molecule has 0 radical (unpaired) electrons. The predicted octanol–water partition coefficient (Wildman–Crippen LogP) is 3.53. The summed E-state index contributed by atoms with van der Waals surface area (Å²) in [7, 11) is 0. The summed E-state index contributed by atoms with van der Waals surface area (Å²) in [4.78, 5) is 28.6. The zero-order valence-corrected chi connectivity index (χ0v) is 17.9. The maximum atomic E-state index is 13.2. The highest BCUT2D eigenvalue weighted by Crippen LogP contribution is 2.37. The number of piperazine rings is 1. The lowest BCUT2D eigenvalue weighted by Crippen LogP contribution is -2.68. The Morgan fingerprint density at radius 2 is 1.79 bits per heavy atom. The van der Waals surface area contributed by atoms with E-state index >= 15 is 0 Å². The zero-order chi connectivity index (χ0) is 21.6. The predicted molar refractivity (Wildman–Crippen MR) is 104 cm³/mol. The van der Waals surface area contributed by atoms with Crippen molar-refractivity contribution in [2.75, 3.05) is 13.1 Å². The molecule has 3 atom stereocenters. The van der Waals surface area contributed by atoms with Crippen LogP contribution in [0.2, 0.25) is 0 Å². The minimum atomic E-state index is -5.06. The number of alkyl halides is 3. The summed E-state index contributed by atoms with van der Waals surface area (Å²) in [6.45, 7) is 2.76. The van der Waals surface area contributed by atoms with Crippen LogP contribution in [0.25, 0.3) is 0 Å². The first kappa shape index (κ1) is 22.1. The largest absolute Gasteiger partial charge is 0.426 e. The number of likely N-dealkylation sites (tertiary alicyclic amines) is 1. The number of hydrogen-bond acceptors (Lipinski definition) is 3. The third kappa shape index (κ3) is 3.91. The maximum Gasteiger partial charge on any atom is 0.426 e. The molecular formula is C20H24BrF3N2O3. The lowest BCUT2D eigenvalue weighted by Gasteiger charge is -2.51. The van der Waals surface area contributed by atoms with Crippen molar-refractivity contribution in [2.45, 2.75) is 63.4 Å². The van der Waals surface area contributed by atoms with Gasteiger partial charge in [0.05, 0.1) is 0 Å². The van der Waals surface area contributed by atoms with Gasteiger partial charge in [0.1, 0.15) is 0 Å². The quantitative estimate of drug-likeness (QED) is 0.725. The van der Waals surface area contributed by atoms with Gasteiger partial charge in [-0.25, -0.2) is 0 Å². The van der Waals surface area contributed by atoms with Crippen LogP contribution < -0.4 is 0 Å². The molecule has 2 bridgehead atoms. The Morgan fingerprint density at radius 1 is 1.21 bits per heavy atom. The minimum absolute atomic E-state index is 0.157. The highest BCUT2D eigenvalue weighted by atomic mass is 79.9. The van der Waals surface area contributed by atoms with E-state index in [1.807, 2.05) is 13.0 Å². The van der Waals surface area contributed by atoms with E-state index in [2.05, 4.69) is 15.9 Å². The van der Waals surface area contributed by atoms with Crippen LogP contribution in [0.15, 0.2) is 22.7 Å². The minimum Gasteiger partial charge on any atom is -0.373 e. The van der Waals surface area contributed by atoms with E-state index in [9.17, 15) is 27.9 Å². The van der Waals surface area contributed by atoms with Crippen molar-refractivity contribution in [1.29, 1.82) is 0 Å². The number of aliphatic hydroxyl groups is 1. The first-order chi connectivity index (χ1) is 13.5. The Hall–Kier alpha value is -1.61. The van der Waals surface area contributed by atoms with Crippen LogP contribution in [0.5, 0.6) is 0 Å². The molecular weight excluding hydrogens is 453 g/mol. The normalized spacial score (nSPS) is 24.2. The van der Waals surface area contributed by atoms with E-state index in [1.54, 1.807) is 17.0 Å². The SMILES string of the molecule is CCc1c(Br)cccc1C(=O)N1CC2CCCC(C1)N2C(=O)C(C)(O)C(F)(F)F. The number of benzene rings is 1. The van der Waals surface area contributed by atoms with Gasteiger partial charge in [0, 0.05) is 35.2 Å². The summed E-state index contributed by atoms with van der Waals surface area (Å²) in [5, 5.41) is 9.88. The summed E-state index contributed by atoms with van der Waals surface area (Å²) in [6, 6.07) is 4.31. The van der Waals surface area contributed by atoms with Crippen molar-refractivity contribution in [3.63, 3.8) is 0 Å². The second-order valence-electron chi connectivity index (χ2n) is 7.85. The molecule has 2 amide bonds. The number of fused-ring (bicyclic) bond motifs is 2. The Kier molecular flexibility index (Phi) is 6.02. The lowest BCUT2D eigenvalue weighted by molar-refractivity contribution is -0.253. The van der Waals surface area contributed by atoms with E-state index in [4.69, 9.17) is 0 Å². The summed E-state index contributed by atoms with van der Waals surface area (Å²) < 4.78 is 40.4. The number of amides is 2. The smallest absolute Gasteiger partial charge is 0.373 e. The molecule has 3 rings (SSSR count). The average molecular weight is 477 g/mol. The standard InChI is InChI=1S/C20H24BrF3N2O3/c1-3-14-15(8-5-9-16(14)21)17(27)25-10-12-6-4-7-13(11-25)26(12)18(28)19(2,29)20(22,23)24/h5,8-9,12-13,29H,3-4,6-7,10-11H2,1-2H3. The molecule has 1 aromatic carbocycles. The molecule has 2 saturated heterocycles. The summed E-state index contributed by atoms with van der Waals surface area (Å²) in [5.74, 6) is -1.52. The number of rotatable bonds is 3. The molecule has 0 aliphatic carbocycles. The molecule has 2 aliphatic heterocycles. The van der Waals surface area contributed by atoms with E-state index in [1.165, 1.54) is 4.90 Å². The number of halogens is 4. The van der Waals surface area contributed by atoms with Crippen molar-refractivity contribution in [2.24, 2.45) is 0 Å². The topological polar surface area (TPSA) is 60.9 Å². The highest BCUT2D eigenvalue weighted by molar-refractivity contribution is 9.10. The Labute approximate surface area is 176 Å². The zero-order valence-electron chi connectivity index (χ0n) is 16.3. The van der Waals surface area contributed by atoms with E-state index in [0.29, 0.717) is 31.7 Å². The Bertz CT molecular complexity index is 799. The van der Waals surface area contributed by atoms with E-state index in [0.717, 1.165) is 16.5 Å². The molecule has 1 N–H and O–H groups in total. The van der Waals surface area contributed by atoms with Crippen molar-refractivity contribution in [1.82, 2.24) is 9.80 Å². The molecule has 2 aliphatic rings. The van der Waals surface area contributed by atoms with Gasteiger partial charge in [-0.2, -0.15) is 13.2 Å². The monoisotopic (exact) mass is 476 g/mol. The van der Waals surface area contributed by atoms with Gasteiger partial charge >= 0.3 is 6.18 Å². The average Bonchev–Trinajstić information content (AvgIpc) is 2.64. The summed E-state index contributed by atoms with van der Waals surface area (Å²) in [6.07, 6.45) is -2.63. The van der Waals surface area contributed by atoms with Crippen LogP contribution in [-0.2, 0) is 11.2 Å². The van der Waals surface area contributed by atoms with E-state index in [-0.39, 0.29) is 19.0 Å². The van der Waals surface area contributed by atoms with Crippen molar-refractivity contribution < 1.29 is 27.9 Å². The van der Waals surface area contributed by atoms with Crippen LogP contribution >= 0.6 is 15.9 Å². The third-order valence-corrected chi connectivity index (χ3v) is 6.66. The first-order valence-corrected chi connectivity index (χ1v) is 10.5. The van der Waals surface area contributed by atoms with Gasteiger partial charge in [0.2, 0.25) is 5.60 Å². The molecule has 9 heteroatoms. The van der Waals surface area contributed by atoms with Gasteiger partial charge in [-0.1, -0.05) is 28.9 Å². The van der Waals surface area contributed by atoms with Gasteiger partial charge in [-0.15, -0.1) is 0 Å². The van der Waals surface area contributed by atoms with Gasteiger partial charge in [0.15, 0.2) is 0 Å². The molecule has 0 saturated carbocycles. The van der Waals surface area contributed by atoms with Crippen LogP contribution in [0.1, 0.15) is 49.0 Å². The Morgan fingerprint density at radius 3 is 2.31 bits per heavy atom. The lowest BCUT2D eigenvalue weighted by atomic mass is 9.88. The van der Waals surface area contributed by atoms with Crippen LogP contribution in [0.4, 0.5) is 13.2 Å². The van der Waals surface area contributed by atoms with Crippen molar-refractivity contribution in [3.05, 3.63) is 33.8 Å². The molecule has 0 aromatic heterocycles. The molecule has 1 aromatic rings. The van der Waals surface area contributed by atoms with Crippen molar-refractivity contribution in [3.8, 4) is 0 Å². The molecule has 2 heterocycles. The van der Waals surface area contributed by atoms with Crippen LogP contribution in [-0.4, -0.2) is 63.7 Å². The second-order valence-corrected chi connectivity index (χ2v) is 8.70. The number of carbonyl (C=O) groups excluding carboxylic acids is 2. The summed E-state index contributed by atoms with van der Waals surface area (Å²) in [5.41, 5.74) is -2.00. The number of hydrogen-bond donors (Lipinski definition) is 1. The number of carbonyl (C=O) groups is 2. The molecule has 5 nitrogen and oxygen atoms in total. The molecule has 3 unspecified atom stereocenters. The number of nitrogens with zero attached hydrogens (tertiary/aromatic N) is 2. The molecule has 29 heavy (non-hydrogen) atoms. The molecule has 0 spiro atoms. The van der Waals surface area contributed by atoms with Crippen LogP contribution in [0.3, 0.4) is 0 Å². The Balaban J connectivity index is 1.86. The fourth-order valence-corrected chi connectivity index (χ4v) is 4.91. The van der Waals surface area contributed by atoms with E-state index < -0.39 is 29.8 Å². The maximum absolute atomic E-state index is 13.2. The fraction of sp³-hybridized carbons (Fsp3) is 0.600. The first-order valence-electron chi connectivity index (χ1n) is 9.67. The van der Waals surface area contributed by atoms with Gasteiger partial charge in [0.25, 0.3) is 11.8 Å². The van der Waals surface area contributed by atoms with Crippen LogP contribution in [0, 0.1) is 0 Å². The highest BCUT2D eigenvalue weighted by Gasteiger charge is 2.59.